The molecule has 2 aliphatic heterocycles. The fraction of sp³-hybridized carbons (Fsp3) is 0.706. The molecular weight excluding hydrogens is 514 g/mol. The van der Waals surface area contributed by atoms with E-state index in [1.54, 1.807) is 17.0 Å². The zero-order chi connectivity index (χ0) is 28.6. The summed E-state index contributed by atoms with van der Waals surface area (Å²) in [6, 6.07) is 4.91. The zero-order valence-corrected chi connectivity index (χ0v) is 24.8. The van der Waals surface area contributed by atoms with Crippen molar-refractivity contribution >= 4 is 23.6 Å². The van der Waals surface area contributed by atoms with Crippen LogP contribution in [0.15, 0.2) is 18.2 Å². The molecule has 1 aromatic carbocycles. The van der Waals surface area contributed by atoms with E-state index in [1.807, 2.05) is 6.07 Å². The second-order valence-corrected chi connectivity index (χ2v) is 13.0. The number of imide groups is 1. The van der Waals surface area contributed by atoms with E-state index in [2.05, 4.69) is 10.6 Å². The maximum absolute atomic E-state index is 13.9. The van der Waals surface area contributed by atoms with Gasteiger partial charge in [-0.3, -0.25) is 24.5 Å². The number of piperidine rings is 1. The molecule has 7 heteroatoms. The first-order valence-electron chi connectivity index (χ1n) is 16.6. The molecule has 224 valence electrons. The average molecular weight is 564 g/mol. The molecule has 2 heterocycles. The highest BCUT2D eigenvalue weighted by Gasteiger charge is 2.39. The van der Waals surface area contributed by atoms with Crippen molar-refractivity contribution in [2.75, 3.05) is 0 Å². The Morgan fingerprint density at radius 1 is 0.756 bits per heavy atom. The van der Waals surface area contributed by atoms with Crippen LogP contribution >= 0.6 is 0 Å². The van der Waals surface area contributed by atoms with Crippen LogP contribution in [-0.4, -0.2) is 40.6 Å². The van der Waals surface area contributed by atoms with Crippen LogP contribution in [0.25, 0.3) is 0 Å². The molecule has 3 fully saturated rings. The quantitative estimate of drug-likeness (QED) is 0.403. The summed E-state index contributed by atoms with van der Waals surface area (Å²) in [5.74, 6) is 0.0853. The maximum atomic E-state index is 13.9. The van der Waals surface area contributed by atoms with Gasteiger partial charge in [0.2, 0.25) is 11.8 Å². The Morgan fingerprint density at radius 3 is 1.83 bits per heavy atom. The Kier molecular flexibility index (Phi) is 10.5. The molecule has 7 nitrogen and oxygen atoms in total. The normalized spacial score (nSPS) is 24.9. The molecule has 2 aliphatic carbocycles. The Bertz CT molecular complexity index is 1080. The largest absolute Gasteiger partial charge is 0.349 e. The Hall–Kier alpha value is -2.70. The molecule has 0 aromatic heterocycles. The highest BCUT2D eigenvalue weighted by molar-refractivity contribution is 6.06. The summed E-state index contributed by atoms with van der Waals surface area (Å²) in [4.78, 5) is 52.6. The fourth-order valence-electron chi connectivity index (χ4n) is 7.79. The van der Waals surface area contributed by atoms with Crippen molar-refractivity contribution in [3.05, 3.63) is 34.9 Å². The van der Waals surface area contributed by atoms with Crippen molar-refractivity contribution in [2.45, 2.75) is 141 Å². The highest BCUT2D eigenvalue weighted by atomic mass is 16.2. The first kappa shape index (κ1) is 29.8. The first-order valence-corrected chi connectivity index (χ1v) is 16.6. The maximum Gasteiger partial charge on any atom is 0.255 e. The van der Waals surface area contributed by atoms with Crippen molar-refractivity contribution in [3.8, 4) is 0 Å². The molecule has 0 spiro atoms. The summed E-state index contributed by atoms with van der Waals surface area (Å²) in [6.45, 7) is 0.288. The molecule has 5 rings (SSSR count). The number of hydrogen-bond acceptors (Lipinski definition) is 4. The number of benzene rings is 1. The molecule has 4 aliphatic rings. The SMILES string of the molecule is O=C1CCC(N2Cc3cc(C(=O)NC(C4CCCCCCCCC4)C4CCCCCCCC4)ccc3C2=O)C(=O)N1. The second kappa shape index (κ2) is 14.5. The number of carbonyl (C=O) groups is 4. The van der Waals surface area contributed by atoms with Gasteiger partial charge in [-0.15, -0.1) is 0 Å². The molecule has 2 atom stereocenters. The standard InChI is InChI=1S/C34H49N3O4/c38-30-21-20-29(33(40)35-30)37-23-27-22-26(18-19-28(27)34(37)41)32(39)36-31(25-16-12-8-4-5-9-13-17-25)24-14-10-6-2-1-3-7-11-15-24/h18-19,22,24-25,29,31H,1-17,20-21,23H2,(H,36,39)(H,35,38,40). The van der Waals surface area contributed by atoms with E-state index in [1.165, 1.54) is 109 Å². The lowest BCUT2D eigenvalue weighted by Gasteiger charge is -2.35. The molecule has 1 aromatic rings. The van der Waals surface area contributed by atoms with Crippen LogP contribution in [0.1, 0.15) is 148 Å². The van der Waals surface area contributed by atoms with Crippen LogP contribution < -0.4 is 10.6 Å². The van der Waals surface area contributed by atoms with Crippen molar-refractivity contribution in [3.63, 3.8) is 0 Å². The smallest absolute Gasteiger partial charge is 0.255 e. The third-order valence-corrected chi connectivity index (χ3v) is 10.1. The van der Waals surface area contributed by atoms with Gasteiger partial charge >= 0.3 is 0 Å². The number of nitrogens with zero attached hydrogens (tertiary/aromatic N) is 1. The third-order valence-electron chi connectivity index (χ3n) is 10.1. The van der Waals surface area contributed by atoms with E-state index < -0.39 is 11.9 Å². The van der Waals surface area contributed by atoms with E-state index in [0.717, 1.165) is 5.56 Å². The van der Waals surface area contributed by atoms with E-state index in [9.17, 15) is 19.2 Å². The molecule has 2 unspecified atom stereocenters. The van der Waals surface area contributed by atoms with Crippen molar-refractivity contribution in [1.82, 2.24) is 15.5 Å². The van der Waals surface area contributed by atoms with Crippen molar-refractivity contribution in [1.29, 1.82) is 0 Å². The predicted molar refractivity (Wildman–Crippen MR) is 159 cm³/mol. The van der Waals surface area contributed by atoms with Crippen molar-refractivity contribution < 1.29 is 19.2 Å². The summed E-state index contributed by atoms with van der Waals surface area (Å²) in [5.41, 5.74) is 1.92. The van der Waals surface area contributed by atoms with E-state index in [-0.39, 0.29) is 36.7 Å². The van der Waals surface area contributed by atoms with E-state index in [0.29, 0.717) is 29.4 Å². The minimum atomic E-state index is -0.648. The molecule has 0 radical (unpaired) electrons. The lowest BCUT2D eigenvalue weighted by atomic mass is 9.77. The lowest BCUT2D eigenvalue weighted by Crippen LogP contribution is -2.52. The van der Waals surface area contributed by atoms with Crippen molar-refractivity contribution in [2.24, 2.45) is 11.8 Å². The summed E-state index contributed by atoms with van der Waals surface area (Å²) >= 11 is 0. The topological polar surface area (TPSA) is 95.6 Å². The minimum Gasteiger partial charge on any atom is -0.349 e. The zero-order valence-electron chi connectivity index (χ0n) is 24.8. The molecule has 0 bridgehead atoms. The van der Waals surface area contributed by atoms with Crippen LogP contribution in [0.3, 0.4) is 0 Å². The fourth-order valence-corrected chi connectivity index (χ4v) is 7.79. The van der Waals surface area contributed by atoms with Gasteiger partial charge in [0.1, 0.15) is 6.04 Å². The minimum absolute atomic E-state index is 0.0401. The Labute approximate surface area is 245 Å². The van der Waals surface area contributed by atoms with E-state index >= 15 is 0 Å². The third kappa shape index (κ3) is 7.58. The molecule has 1 saturated heterocycles. The highest BCUT2D eigenvalue weighted by Crippen LogP contribution is 2.34. The monoisotopic (exact) mass is 563 g/mol. The number of nitrogens with one attached hydrogen (secondary N) is 2. The van der Waals surface area contributed by atoms with Gasteiger partial charge in [-0.25, -0.2) is 0 Å². The first-order chi connectivity index (χ1) is 20.0. The number of carbonyl (C=O) groups excluding carboxylic acids is 4. The van der Waals surface area contributed by atoms with Gasteiger partial charge in [0.15, 0.2) is 0 Å². The van der Waals surface area contributed by atoms with Gasteiger partial charge in [0.05, 0.1) is 0 Å². The number of amides is 4. The summed E-state index contributed by atoms with van der Waals surface area (Å²) in [7, 11) is 0. The van der Waals surface area contributed by atoms with Crippen LogP contribution in [0.5, 0.6) is 0 Å². The molecule has 41 heavy (non-hydrogen) atoms. The lowest BCUT2D eigenvalue weighted by molar-refractivity contribution is -0.136. The van der Waals surface area contributed by atoms with Crippen LogP contribution in [0.2, 0.25) is 0 Å². The van der Waals surface area contributed by atoms with Gasteiger partial charge in [-0.05, 0) is 67.7 Å². The number of fused-ring (bicyclic) bond motifs is 1. The van der Waals surface area contributed by atoms with Gasteiger partial charge in [-0.1, -0.05) is 83.5 Å². The molecule has 2 saturated carbocycles. The van der Waals surface area contributed by atoms with Gasteiger partial charge in [-0.2, -0.15) is 0 Å². The van der Waals surface area contributed by atoms with E-state index in [4.69, 9.17) is 0 Å². The summed E-state index contributed by atoms with van der Waals surface area (Å²) in [5, 5.41) is 5.93. The summed E-state index contributed by atoms with van der Waals surface area (Å²) in [6.07, 6.45) is 22.2. The molecular formula is C34H49N3O4. The summed E-state index contributed by atoms with van der Waals surface area (Å²) < 4.78 is 0. The Balaban J connectivity index is 1.33. The number of rotatable bonds is 5. The van der Waals surface area contributed by atoms with Crippen LogP contribution in [-0.2, 0) is 16.1 Å². The second-order valence-electron chi connectivity index (χ2n) is 13.0. The number of hydrogen-bond donors (Lipinski definition) is 2. The van der Waals surface area contributed by atoms with Gasteiger partial charge < -0.3 is 10.2 Å². The van der Waals surface area contributed by atoms with Crippen LogP contribution in [0, 0.1) is 11.8 Å². The average Bonchev–Trinajstić information content (AvgIpc) is 3.36. The molecule has 2 N–H and O–H groups in total. The molecule has 4 amide bonds. The van der Waals surface area contributed by atoms with Gasteiger partial charge in [0.25, 0.3) is 11.8 Å². The predicted octanol–water partition coefficient (Wildman–Crippen LogP) is 6.44. The Morgan fingerprint density at radius 2 is 1.29 bits per heavy atom. The van der Waals surface area contributed by atoms with Gasteiger partial charge in [0, 0.05) is 30.1 Å². The van der Waals surface area contributed by atoms with Crippen LogP contribution in [0.4, 0.5) is 0 Å².